The Bertz CT molecular complexity index is 888. The molecule has 1 aromatic carbocycles. The second-order valence-corrected chi connectivity index (χ2v) is 6.34. The van der Waals surface area contributed by atoms with Gasteiger partial charge in [-0.1, -0.05) is 24.3 Å². The van der Waals surface area contributed by atoms with Crippen LogP contribution >= 0.6 is 0 Å². The molecule has 5 nitrogen and oxygen atoms in total. The molecule has 0 saturated heterocycles. The quantitative estimate of drug-likeness (QED) is 0.750. The maximum absolute atomic E-state index is 11.0. The van der Waals surface area contributed by atoms with Gasteiger partial charge >= 0.3 is 0 Å². The normalized spacial score (nSPS) is 24.8. The van der Waals surface area contributed by atoms with E-state index in [1.165, 1.54) is 11.1 Å². The van der Waals surface area contributed by atoms with Crippen LogP contribution in [0.3, 0.4) is 0 Å². The Morgan fingerprint density at radius 3 is 2.87 bits per heavy atom. The molecule has 2 aliphatic rings. The van der Waals surface area contributed by atoms with E-state index in [9.17, 15) is 5.11 Å². The van der Waals surface area contributed by atoms with Crippen LogP contribution in [-0.2, 0) is 6.42 Å². The third-order valence-electron chi connectivity index (χ3n) is 5.25. The molecule has 2 aromatic heterocycles. The summed E-state index contributed by atoms with van der Waals surface area (Å²) in [6, 6.07) is 8.55. The summed E-state index contributed by atoms with van der Waals surface area (Å²) in [5.74, 6) is 0.114. The van der Waals surface area contributed by atoms with Crippen molar-refractivity contribution < 1.29 is 5.11 Å². The first-order valence-electron chi connectivity index (χ1n) is 7.93. The van der Waals surface area contributed by atoms with Crippen LogP contribution in [0.15, 0.2) is 49.2 Å². The van der Waals surface area contributed by atoms with Crippen molar-refractivity contribution in [1.82, 2.24) is 19.7 Å². The van der Waals surface area contributed by atoms with Crippen LogP contribution in [0, 0.1) is 5.92 Å². The van der Waals surface area contributed by atoms with E-state index in [4.69, 9.17) is 0 Å². The summed E-state index contributed by atoms with van der Waals surface area (Å²) >= 11 is 0. The van der Waals surface area contributed by atoms with Crippen molar-refractivity contribution in [1.29, 1.82) is 0 Å². The lowest BCUT2D eigenvalue weighted by atomic mass is 9.77. The molecule has 23 heavy (non-hydrogen) atoms. The van der Waals surface area contributed by atoms with Crippen molar-refractivity contribution in [3.8, 4) is 11.3 Å². The molecule has 5 rings (SSSR count). The van der Waals surface area contributed by atoms with Gasteiger partial charge in [0.2, 0.25) is 0 Å². The van der Waals surface area contributed by atoms with Crippen molar-refractivity contribution in [3.63, 3.8) is 0 Å². The van der Waals surface area contributed by atoms with Crippen LogP contribution in [0.2, 0.25) is 0 Å². The highest BCUT2D eigenvalue weighted by atomic mass is 16.3. The standard InChI is InChI=1S/C18H16N4O/c23-18-14(6-5-11-7-20-21-8-15(11)18)17-13-4-2-1-3-12(13)16-9-19-10-22(16)17/h1-4,7-10,14,17-18,23H,5-6H2/t14-,17-,18+/m0/s1. The number of aliphatic hydroxyl groups excluding tert-OH is 1. The fraction of sp³-hybridized carbons (Fsp3) is 0.278. The second-order valence-electron chi connectivity index (χ2n) is 6.34. The van der Waals surface area contributed by atoms with E-state index < -0.39 is 6.10 Å². The number of hydrogen-bond acceptors (Lipinski definition) is 4. The third-order valence-corrected chi connectivity index (χ3v) is 5.25. The van der Waals surface area contributed by atoms with Gasteiger partial charge in [0.05, 0.1) is 42.8 Å². The average Bonchev–Trinajstić information content (AvgIpc) is 3.17. The Balaban J connectivity index is 1.64. The summed E-state index contributed by atoms with van der Waals surface area (Å²) in [6.45, 7) is 0. The number of aromatic nitrogens is 4. The predicted octanol–water partition coefficient (Wildman–Crippen LogP) is 2.54. The molecule has 0 unspecified atom stereocenters. The maximum Gasteiger partial charge on any atom is 0.0956 e. The zero-order chi connectivity index (χ0) is 15.4. The van der Waals surface area contributed by atoms with Gasteiger partial charge in [0, 0.05) is 17.0 Å². The van der Waals surface area contributed by atoms with Crippen LogP contribution in [0.25, 0.3) is 11.3 Å². The fourth-order valence-corrected chi connectivity index (χ4v) is 4.18. The van der Waals surface area contributed by atoms with Gasteiger partial charge in [-0.15, -0.1) is 0 Å². The third kappa shape index (κ3) is 1.74. The molecule has 0 bridgehead atoms. The summed E-state index contributed by atoms with van der Waals surface area (Å²) in [7, 11) is 0. The molecular formula is C18H16N4O. The van der Waals surface area contributed by atoms with E-state index in [0.717, 1.165) is 29.7 Å². The number of fused-ring (bicyclic) bond motifs is 4. The molecule has 0 spiro atoms. The Morgan fingerprint density at radius 1 is 1.04 bits per heavy atom. The van der Waals surface area contributed by atoms with E-state index >= 15 is 0 Å². The molecule has 0 saturated carbocycles. The zero-order valence-electron chi connectivity index (χ0n) is 12.5. The van der Waals surface area contributed by atoms with Gasteiger partial charge in [0.15, 0.2) is 0 Å². The molecule has 5 heteroatoms. The van der Waals surface area contributed by atoms with Crippen LogP contribution in [0.1, 0.15) is 35.3 Å². The zero-order valence-corrected chi connectivity index (χ0v) is 12.5. The molecular weight excluding hydrogens is 288 g/mol. The molecule has 1 aliphatic carbocycles. The minimum Gasteiger partial charge on any atom is -0.388 e. The highest BCUT2D eigenvalue weighted by molar-refractivity contribution is 5.69. The van der Waals surface area contributed by atoms with Crippen LogP contribution in [0.4, 0.5) is 0 Å². The molecule has 1 N–H and O–H groups in total. The minimum atomic E-state index is -0.527. The number of hydrogen-bond donors (Lipinski definition) is 1. The molecule has 3 atom stereocenters. The molecule has 0 amide bonds. The maximum atomic E-state index is 11.0. The Morgan fingerprint density at radius 2 is 1.91 bits per heavy atom. The van der Waals surface area contributed by atoms with Gasteiger partial charge in [-0.05, 0) is 24.0 Å². The summed E-state index contributed by atoms with van der Waals surface area (Å²) < 4.78 is 2.21. The van der Waals surface area contributed by atoms with Gasteiger partial charge in [0.25, 0.3) is 0 Å². The first kappa shape index (κ1) is 13.0. The molecule has 1 aliphatic heterocycles. The summed E-state index contributed by atoms with van der Waals surface area (Å²) in [6.07, 6.45) is 8.61. The number of aliphatic hydroxyl groups is 1. The fourth-order valence-electron chi connectivity index (χ4n) is 4.18. The molecule has 3 heterocycles. The van der Waals surface area contributed by atoms with Crippen LogP contribution in [-0.4, -0.2) is 24.9 Å². The number of nitrogens with zero attached hydrogens (tertiary/aromatic N) is 4. The van der Waals surface area contributed by atoms with Gasteiger partial charge in [0.1, 0.15) is 0 Å². The van der Waals surface area contributed by atoms with Crippen molar-refractivity contribution in [2.75, 3.05) is 0 Å². The predicted molar refractivity (Wildman–Crippen MR) is 84.6 cm³/mol. The average molecular weight is 304 g/mol. The topological polar surface area (TPSA) is 63.8 Å². The number of rotatable bonds is 1. The van der Waals surface area contributed by atoms with Crippen molar-refractivity contribution in [3.05, 3.63) is 65.9 Å². The summed E-state index contributed by atoms with van der Waals surface area (Å²) in [5.41, 5.74) is 5.67. The largest absolute Gasteiger partial charge is 0.388 e. The lowest BCUT2D eigenvalue weighted by molar-refractivity contribution is 0.0714. The SMILES string of the molecule is O[C@H]1c2cnncc2CC[C@H]1[C@@H]1c2ccccc2-c2cncn21. The van der Waals surface area contributed by atoms with Gasteiger partial charge in [-0.3, -0.25) is 0 Å². The van der Waals surface area contributed by atoms with E-state index in [2.05, 4.69) is 44.0 Å². The lowest BCUT2D eigenvalue weighted by Crippen LogP contribution is -2.28. The van der Waals surface area contributed by atoms with E-state index in [1.807, 2.05) is 12.5 Å². The van der Waals surface area contributed by atoms with E-state index in [-0.39, 0.29) is 12.0 Å². The smallest absolute Gasteiger partial charge is 0.0956 e. The highest BCUT2D eigenvalue weighted by Gasteiger charge is 2.40. The Kier molecular flexibility index (Phi) is 2.67. The van der Waals surface area contributed by atoms with Crippen molar-refractivity contribution in [2.45, 2.75) is 25.0 Å². The minimum absolute atomic E-state index is 0.114. The molecule has 0 fully saturated rings. The lowest BCUT2D eigenvalue weighted by Gasteiger charge is -2.34. The van der Waals surface area contributed by atoms with E-state index in [1.54, 1.807) is 12.4 Å². The summed E-state index contributed by atoms with van der Waals surface area (Å²) in [5, 5.41) is 18.9. The van der Waals surface area contributed by atoms with Crippen LogP contribution < -0.4 is 0 Å². The van der Waals surface area contributed by atoms with Crippen molar-refractivity contribution >= 4 is 0 Å². The highest BCUT2D eigenvalue weighted by Crippen LogP contribution is 2.49. The van der Waals surface area contributed by atoms with Gasteiger partial charge < -0.3 is 9.67 Å². The van der Waals surface area contributed by atoms with Crippen LogP contribution in [0.5, 0.6) is 0 Å². The Hall–Kier alpha value is -2.53. The monoisotopic (exact) mass is 304 g/mol. The van der Waals surface area contributed by atoms with Gasteiger partial charge in [-0.25, -0.2) is 4.98 Å². The summed E-state index contributed by atoms with van der Waals surface area (Å²) in [4.78, 5) is 4.32. The Labute approximate surface area is 133 Å². The number of aryl methyl sites for hydroxylation is 1. The first-order chi connectivity index (χ1) is 11.3. The molecule has 0 radical (unpaired) electrons. The van der Waals surface area contributed by atoms with Crippen molar-refractivity contribution in [2.24, 2.45) is 5.92 Å². The number of benzene rings is 1. The number of imidazole rings is 1. The van der Waals surface area contributed by atoms with E-state index in [0.29, 0.717) is 0 Å². The second kappa shape index (κ2) is 4.73. The molecule has 114 valence electrons. The molecule has 3 aromatic rings. The van der Waals surface area contributed by atoms with Gasteiger partial charge in [-0.2, -0.15) is 10.2 Å². The first-order valence-corrected chi connectivity index (χ1v) is 7.93.